The van der Waals surface area contributed by atoms with Gasteiger partial charge in [0.1, 0.15) is 5.69 Å². The largest absolute Gasteiger partial charge is 0.399 e. The molecule has 2 heterocycles. The van der Waals surface area contributed by atoms with Crippen molar-refractivity contribution in [2.24, 2.45) is 7.05 Å². The second-order valence-corrected chi connectivity index (χ2v) is 4.76. The van der Waals surface area contributed by atoms with Gasteiger partial charge < -0.3 is 5.73 Å². The molecule has 0 fully saturated rings. The van der Waals surface area contributed by atoms with Crippen LogP contribution in [-0.2, 0) is 7.05 Å². The van der Waals surface area contributed by atoms with Crippen LogP contribution in [0.5, 0.6) is 0 Å². The van der Waals surface area contributed by atoms with E-state index in [1.165, 1.54) is 0 Å². The number of hydrogen-bond acceptors (Lipinski definition) is 5. The van der Waals surface area contributed by atoms with Crippen molar-refractivity contribution in [2.75, 3.05) is 5.73 Å². The molecule has 0 amide bonds. The standard InChI is InChI=1S/C13H15N7/c1-8-6-10(4-5-11(8)14)13-15-17-18-20(13)12-7-19(3)16-9(12)2/h4-7H,14H2,1-3H3. The summed E-state index contributed by atoms with van der Waals surface area (Å²) in [7, 11) is 1.87. The van der Waals surface area contributed by atoms with Gasteiger partial charge >= 0.3 is 0 Å². The van der Waals surface area contributed by atoms with Crippen LogP contribution < -0.4 is 5.73 Å². The van der Waals surface area contributed by atoms with Crippen LogP contribution in [0.15, 0.2) is 24.4 Å². The van der Waals surface area contributed by atoms with Crippen molar-refractivity contribution in [2.45, 2.75) is 13.8 Å². The maximum Gasteiger partial charge on any atom is 0.187 e. The average Bonchev–Trinajstić information content (AvgIpc) is 2.99. The minimum atomic E-state index is 0.671. The van der Waals surface area contributed by atoms with E-state index in [0.717, 1.165) is 28.2 Å². The number of aromatic nitrogens is 6. The van der Waals surface area contributed by atoms with Crippen LogP contribution in [0.2, 0.25) is 0 Å². The molecule has 0 spiro atoms. The van der Waals surface area contributed by atoms with E-state index in [2.05, 4.69) is 20.6 Å². The lowest BCUT2D eigenvalue weighted by molar-refractivity contribution is 0.755. The molecular formula is C13H15N7. The molecule has 3 rings (SSSR count). The van der Waals surface area contributed by atoms with E-state index in [-0.39, 0.29) is 0 Å². The number of nitrogens with zero attached hydrogens (tertiary/aromatic N) is 6. The van der Waals surface area contributed by atoms with E-state index < -0.39 is 0 Å². The van der Waals surface area contributed by atoms with E-state index in [4.69, 9.17) is 5.73 Å². The highest BCUT2D eigenvalue weighted by molar-refractivity contribution is 5.63. The molecule has 0 aliphatic heterocycles. The summed E-state index contributed by atoms with van der Waals surface area (Å²) in [4.78, 5) is 0. The maximum absolute atomic E-state index is 5.85. The lowest BCUT2D eigenvalue weighted by atomic mass is 10.1. The molecule has 7 nitrogen and oxygen atoms in total. The van der Waals surface area contributed by atoms with Crippen LogP contribution in [0.1, 0.15) is 11.3 Å². The van der Waals surface area contributed by atoms with Crippen LogP contribution in [0.25, 0.3) is 17.1 Å². The number of nitrogens with two attached hydrogens (primary N) is 1. The zero-order chi connectivity index (χ0) is 14.3. The lowest BCUT2D eigenvalue weighted by Crippen LogP contribution is -2.01. The predicted molar refractivity (Wildman–Crippen MR) is 75.2 cm³/mol. The third-order valence-electron chi connectivity index (χ3n) is 3.21. The van der Waals surface area contributed by atoms with E-state index in [1.807, 2.05) is 45.3 Å². The quantitative estimate of drug-likeness (QED) is 0.708. The Labute approximate surface area is 116 Å². The molecule has 1 aromatic carbocycles. The van der Waals surface area contributed by atoms with Crippen LogP contribution in [0, 0.1) is 13.8 Å². The number of benzene rings is 1. The highest BCUT2D eigenvalue weighted by Crippen LogP contribution is 2.23. The third-order valence-corrected chi connectivity index (χ3v) is 3.21. The van der Waals surface area contributed by atoms with E-state index >= 15 is 0 Å². The molecule has 0 aliphatic rings. The summed E-state index contributed by atoms with van der Waals surface area (Å²) in [5.41, 5.74) is 10.3. The zero-order valence-corrected chi connectivity index (χ0v) is 11.6. The molecule has 0 aliphatic carbocycles. The molecule has 102 valence electrons. The number of anilines is 1. The smallest absolute Gasteiger partial charge is 0.187 e. The highest BCUT2D eigenvalue weighted by Gasteiger charge is 2.15. The Bertz CT molecular complexity index is 769. The van der Waals surface area contributed by atoms with E-state index in [9.17, 15) is 0 Å². The van der Waals surface area contributed by atoms with Gasteiger partial charge in [-0.15, -0.1) is 5.10 Å². The van der Waals surface area contributed by atoms with Gasteiger partial charge in [0.05, 0.1) is 11.9 Å². The summed E-state index contributed by atoms with van der Waals surface area (Å²) in [6.45, 7) is 3.89. The molecule has 0 atom stereocenters. The minimum Gasteiger partial charge on any atom is -0.399 e. The fourth-order valence-electron chi connectivity index (χ4n) is 2.14. The van der Waals surface area contributed by atoms with Gasteiger partial charge in [-0.2, -0.15) is 9.78 Å². The van der Waals surface area contributed by atoms with Crippen molar-refractivity contribution >= 4 is 5.69 Å². The van der Waals surface area contributed by atoms with Gasteiger partial charge in [-0.05, 0) is 48.0 Å². The Morgan fingerprint density at radius 2 is 2.00 bits per heavy atom. The predicted octanol–water partition coefficient (Wildman–Crippen LogP) is 1.26. The average molecular weight is 269 g/mol. The lowest BCUT2D eigenvalue weighted by Gasteiger charge is -2.05. The zero-order valence-electron chi connectivity index (χ0n) is 11.6. The number of nitrogen functional groups attached to an aromatic ring is 1. The first-order valence-corrected chi connectivity index (χ1v) is 6.22. The molecule has 2 N–H and O–H groups in total. The summed E-state index contributed by atoms with van der Waals surface area (Å²) in [6.07, 6.45) is 1.89. The van der Waals surface area contributed by atoms with Gasteiger partial charge in [-0.1, -0.05) is 0 Å². The summed E-state index contributed by atoms with van der Waals surface area (Å²) in [6, 6.07) is 5.75. The van der Waals surface area contributed by atoms with Gasteiger partial charge in [0.2, 0.25) is 0 Å². The molecule has 0 radical (unpaired) electrons. The summed E-state index contributed by atoms with van der Waals surface area (Å²) >= 11 is 0. The Morgan fingerprint density at radius 3 is 2.65 bits per heavy atom. The first-order chi connectivity index (χ1) is 9.56. The topological polar surface area (TPSA) is 87.4 Å². The third kappa shape index (κ3) is 1.93. The fourth-order valence-corrected chi connectivity index (χ4v) is 2.14. The highest BCUT2D eigenvalue weighted by atomic mass is 15.5. The number of aryl methyl sites for hydroxylation is 3. The van der Waals surface area contributed by atoms with Gasteiger partial charge in [0, 0.05) is 18.3 Å². The van der Waals surface area contributed by atoms with Crippen molar-refractivity contribution < 1.29 is 0 Å². The maximum atomic E-state index is 5.85. The second-order valence-electron chi connectivity index (χ2n) is 4.76. The number of rotatable bonds is 2. The van der Waals surface area contributed by atoms with Crippen molar-refractivity contribution in [1.29, 1.82) is 0 Å². The van der Waals surface area contributed by atoms with Crippen molar-refractivity contribution in [1.82, 2.24) is 30.0 Å². The summed E-state index contributed by atoms with van der Waals surface area (Å²) in [5, 5.41) is 16.3. The first kappa shape index (κ1) is 12.3. The number of tetrazole rings is 1. The Balaban J connectivity index is 2.15. The van der Waals surface area contributed by atoms with Crippen molar-refractivity contribution in [3.8, 4) is 17.1 Å². The molecule has 3 aromatic rings. The molecule has 0 saturated carbocycles. The van der Waals surface area contributed by atoms with E-state index in [1.54, 1.807) is 9.36 Å². The Hall–Kier alpha value is -2.70. The molecule has 0 saturated heterocycles. The van der Waals surface area contributed by atoms with Crippen LogP contribution in [0.4, 0.5) is 5.69 Å². The van der Waals surface area contributed by atoms with Crippen LogP contribution in [-0.4, -0.2) is 30.0 Å². The van der Waals surface area contributed by atoms with Gasteiger partial charge in [-0.3, -0.25) is 4.68 Å². The molecule has 7 heteroatoms. The normalized spacial score (nSPS) is 10.9. The summed E-state index contributed by atoms with van der Waals surface area (Å²) < 4.78 is 3.43. The van der Waals surface area contributed by atoms with Gasteiger partial charge in [0.15, 0.2) is 5.82 Å². The Kier molecular flexibility index (Phi) is 2.74. The second kappa shape index (κ2) is 4.44. The van der Waals surface area contributed by atoms with Gasteiger partial charge in [-0.25, -0.2) is 0 Å². The van der Waals surface area contributed by atoms with Crippen LogP contribution >= 0.6 is 0 Å². The van der Waals surface area contributed by atoms with Crippen molar-refractivity contribution in [3.63, 3.8) is 0 Å². The fraction of sp³-hybridized carbons (Fsp3) is 0.231. The van der Waals surface area contributed by atoms with Crippen LogP contribution in [0.3, 0.4) is 0 Å². The molecule has 2 aromatic heterocycles. The van der Waals surface area contributed by atoms with E-state index in [0.29, 0.717) is 5.82 Å². The molecule has 0 bridgehead atoms. The SMILES string of the molecule is Cc1cc(-c2nnnn2-c2cn(C)nc2C)ccc1N. The molecule has 0 unspecified atom stereocenters. The molecule has 20 heavy (non-hydrogen) atoms. The monoisotopic (exact) mass is 269 g/mol. The van der Waals surface area contributed by atoms with Crippen molar-refractivity contribution in [3.05, 3.63) is 35.7 Å². The minimum absolute atomic E-state index is 0.671. The molecular weight excluding hydrogens is 254 g/mol. The Morgan fingerprint density at radius 1 is 1.20 bits per heavy atom. The van der Waals surface area contributed by atoms with Gasteiger partial charge in [0.25, 0.3) is 0 Å². The first-order valence-electron chi connectivity index (χ1n) is 6.22. The number of hydrogen-bond donors (Lipinski definition) is 1. The summed E-state index contributed by atoms with van der Waals surface area (Å²) in [5.74, 6) is 0.671.